The summed E-state index contributed by atoms with van der Waals surface area (Å²) in [4.78, 5) is 32.9. The summed E-state index contributed by atoms with van der Waals surface area (Å²) < 4.78 is 6.33. The van der Waals surface area contributed by atoms with Gasteiger partial charge in [0.15, 0.2) is 0 Å². The highest BCUT2D eigenvalue weighted by Crippen LogP contribution is 2.33. The third kappa shape index (κ3) is 5.83. The maximum atomic E-state index is 13.6. The van der Waals surface area contributed by atoms with E-state index in [9.17, 15) is 9.59 Å². The van der Waals surface area contributed by atoms with Gasteiger partial charge in [-0.25, -0.2) is 0 Å². The average Bonchev–Trinajstić information content (AvgIpc) is 3.55. The second kappa shape index (κ2) is 12.1. The Kier molecular flexibility index (Phi) is 7.97. The van der Waals surface area contributed by atoms with Gasteiger partial charge in [0.2, 0.25) is 0 Å². The fraction of sp³-hybridized carbons (Fsp3) is 0.375. The average molecular weight is 540 g/mol. The van der Waals surface area contributed by atoms with Crippen LogP contribution in [-0.4, -0.2) is 93.2 Å². The van der Waals surface area contributed by atoms with Gasteiger partial charge in [0.1, 0.15) is 11.9 Å². The number of anilines is 1. The number of piperazine rings is 2. The number of benzene rings is 3. The molecular formula is C32H37N5O3. The molecule has 6 rings (SSSR count). The first-order valence-electron chi connectivity index (χ1n) is 14.4. The molecule has 8 nitrogen and oxygen atoms in total. The summed E-state index contributed by atoms with van der Waals surface area (Å²) in [5.74, 6) is 0.812. The van der Waals surface area contributed by atoms with Crippen molar-refractivity contribution < 1.29 is 14.3 Å². The summed E-state index contributed by atoms with van der Waals surface area (Å²) in [7, 11) is 0. The van der Waals surface area contributed by atoms with E-state index in [0.717, 1.165) is 68.3 Å². The van der Waals surface area contributed by atoms with E-state index in [4.69, 9.17) is 4.74 Å². The summed E-state index contributed by atoms with van der Waals surface area (Å²) in [5.41, 5.74) is 4.38. The molecule has 0 aromatic heterocycles. The minimum absolute atomic E-state index is 0.0148. The van der Waals surface area contributed by atoms with Crippen LogP contribution in [0, 0.1) is 0 Å². The highest BCUT2D eigenvalue weighted by atomic mass is 16.5. The molecule has 2 amide bonds. The number of nitrogens with zero attached hydrogens (tertiary/aromatic N) is 3. The number of carbonyl (C=O) groups is 2. The van der Waals surface area contributed by atoms with Crippen molar-refractivity contribution in [3.63, 3.8) is 0 Å². The van der Waals surface area contributed by atoms with Crippen LogP contribution in [0.4, 0.5) is 5.69 Å². The zero-order valence-corrected chi connectivity index (χ0v) is 22.9. The lowest BCUT2D eigenvalue weighted by Crippen LogP contribution is -2.50. The Bertz CT molecular complexity index is 1330. The van der Waals surface area contributed by atoms with Crippen molar-refractivity contribution in [2.24, 2.45) is 0 Å². The van der Waals surface area contributed by atoms with Crippen molar-refractivity contribution in [2.45, 2.75) is 12.5 Å². The van der Waals surface area contributed by atoms with Crippen LogP contribution >= 0.6 is 0 Å². The van der Waals surface area contributed by atoms with E-state index in [1.165, 1.54) is 0 Å². The molecule has 0 spiro atoms. The quantitative estimate of drug-likeness (QED) is 0.502. The molecule has 0 saturated carbocycles. The van der Waals surface area contributed by atoms with Crippen LogP contribution in [0.2, 0.25) is 0 Å². The Morgan fingerprint density at radius 2 is 1.40 bits per heavy atom. The van der Waals surface area contributed by atoms with Crippen LogP contribution in [0.3, 0.4) is 0 Å². The number of nitrogens with one attached hydrogen (secondary N) is 2. The molecule has 3 fully saturated rings. The predicted molar refractivity (Wildman–Crippen MR) is 157 cm³/mol. The predicted octanol–water partition coefficient (Wildman–Crippen LogP) is 3.10. The van der Waals surface area contributed by atoms with Gasteiger partial charge in [0.05, 0.1) is 0 Å². The molecule has 3 heterocycles. The number of hydrogen-bond acceptors (Lipinski definition) is 6. The highest BCUT2D eigenvalue weighted by Gasteiger charge is 2.27. The van der Waals surface area contributed by atoms with Crippen molar-refractivity contribution >= 4 is 17.5 Å². The lowest BCUT2D eigenvalue weighted by Gasteiger charge is -2.35. The van der Waals surface area contributed by atoms with E-state index in [1.54, 1.807) is 0 Å². The van der Waals surface area contributed by atoms with Crippen molar-refractivity contribution in [1.82, 2.24) is 20.4 Å². The molecule has 208 valence electrons. The second-order valence-electron chi connectivity index (χ2n) is 10.7. The van der Waals surface area contributed by atoms with Crippen molar-refractivity contribution in [3.8, 4) is 16.9 Å². The molecular weight excluding hydrogens is 502 g/mol. The second-order valence-corrected chi connectivity index (χ2v) is 10.7. The fourth-order valence-electron chi connectivity index (χ4n) is 5.75. The van der Waals surface area contributed by atoms with Crippen LogP contribution in [0.25, 0.3) is 11.1 Å². The molecule has 40 heavy (non-hydrogen) atoms. The first-order valence-corrected chi connectivity index (χ1v) is 14.4. The number of carbonyl (C=O) groups excluding carboxylic acids is 2. The molecule has 3 saturated heterocycles. The monoisotopic (exact) mass is 539 g/mol. The van der Waals surface area contributed by atoms with Crippen LogP contribution in [-0.2, 0) is 0 Å². The molecule has 3 aromatic rings. The van der Waals surface area contributed by atoms with Crippen molar-refractivity contribution in [3.05, 3.63) is 83.9 Å². The first-order chi connectivity index (χ1) is 19.7. The molecule has 3 aromatic carbocycles. The number of ether oxygens (including phenoxy) is 1. The Labute approximate surface area is 235 Å². The van der Waals surface area contributed by atoms with Gasteiger partial charge in [0, 0.05) is 81.3 Å². The molecule has 0 bridgehead atoms. The third-order valence-corrected chi connectivity index (χ3v) is 8.05. The lowest BCUT2D eigenvalue weighted by atomic mass is 10.0. The number of hydrogen-bond donors (Lipinski definition) is 2. The zero-order chi connectivity index (χ0) is 27.3. The van der Waals surface area contributed by atoms with E-state index in [-0.39, 0.29) is 17.9 Å². The van der Waals surface area contributed by atoms with E-state index in [0.29, 0.717) is 37.3 Å². The largest absolute Gasteiger partial charge is 0.488 e. The maximum absolute atomic E-state index is 13.6. The van der Waals surface area contributed by atoms with Crippen LogP contribution in [0.15, 0.2) is 72.8 Å². The minimum Gasteiger partial charge on any atom is -0.488 e. The summed E-state index contributed by atoms with van der Waals surface area (Å²) in [6, 6.07) is 23.8. The van der Waals surface area contributed by atoms with Gasteiger partial charge in [-0.15, -0.1) is 0 Å². The Hall–Kier alpha value is -3.88. The SMILES string of the molecule is O=C(c1cccc(N2CCNCC2)c1)N1CCN(C(=O)c2ccc(OC3CCNC3)c(-c3ccccc3)c2)CC1. The van der Waals surface area contributed by atoms with Gasteiger partial charge in [-0.05, 0) is 54.9 Å². The van der Waals surface area contributed by atoms with Gasteiger partial charge in [-0.1, -0.05) is 36.4 Å². The summed E-state index contributed by atoms with van der Waals surface area (Å²) >= 11 is 0. The van der Waals surface area contributed by atoms with Gasteiger partial charge in [-0.2, -0.15) is 0 Å². The first kappa shape index (κ1) is 26.3. The van der Waals surface area contributed by atoms with Crippen molar-refractivity contribution in [1.29, 1.82) is 0 Å². The molecule has 8 heteroatoms. The molecule has 1 unspecified atom stereocenters. The molecule has 0 radical (unpaired) electrons. The smallest absolute Gasteiger partial charge is 0.254 e. The summed E-state index contributed by atoms with van der Waals surface area (Å²) in [6.45, 7) is 7.63. The third-order valence-electron chi connectivity index (χ3n) is 8.05. The van der Waals surface area contributed by atoms with E-state index < -0.39 is 0 Å². The molecule has 3 aliphatic rings. The van der Waals surface area contributed by atoms with E-state index in [1.807, 2.05) is 76.5 Å². The standard InChI is InChI=1S/C32H37N5O3/c38-31(25-7-4-8-27(21-25)35-15-13-33-14-16-35)36-17-19-37(20-18-36)32(39)26-9-10-30(40-28-11-12-34-23-28)29(22-26)24-5-2-1-3-6-24/h1-10,21-22,28,33-34H,11-20,23H2. The van der Waals surface area contributed by atoms with Crippen molar-refractivity contribution in [2.75, 3.05) is 70.3 Å². The van der Waals surface area contributed by atoms with Crippen LogP contribution < -0.4 is 20.3 Å². The van der Waals surface area contributed by atoms with Gasteiger partial charge < -0.3 is 30.1 Å². The Balaban J connectivity index is 1.13. The normalized spacial score (nSPS) is 19.5. The van der Waals surface area contributed by atoms with Gasteiger partial charge >= 0.3 is 0 Å². The Morgan fingerprint density at radius 1 is 0.700 bits per heavy atom. The van der Waals surface area contributed by atoms with E-state index in [2.05, 4.69) is 21.6 Å². The summed E-state index contributed by atoms with van der Waals surface area (Å²) in [6.07, 6.45) is 1.10. The lowest BCUT2D eigenvalue weighted by molar-refractivity contribution is 0.0535. The summed E-state index contributed by atoms with van der Waals surface area (Å²) in [5, 5.41) is 6.72. The van der Waals surface area contributed by atoms with Crippen LogP contribution in [0.5, 0.6) is 5.75 Å². The maximum Gasteiger partial charge on any atom is 0.254 e. The number of rotatable bonds is 6. The number of amides is 2. The van der Waals surface area contributed by atoms with Gasteiger partial charge in [-0.3, -0.25) is 9.59 Å². The topological polar surface area (TPSA) is 77.2 Å². The van der Waals surface area contributed by atoms with E-state index >= 15 is 0 Å². The molecule has 3 aliphatic heterocycles. The molecule has 2 N–H and O–H groups in total. The Morgan fingerprint density at radius 3 is 2.08 bits per heavy atom. The van der Waals surface area contributed by atoms with Crippen LogP contribution in [0.1, 0.15) is 27.1 Å². The molecule has 1 atom stereocenters. The molecule has 0 aliphatic carbocycles. The van der Waals surface area contributed by atoms with Gasteiger partial charge in [0.25, 0.3) is 11.8 Å². The fourth-order valence-corrected chi connectivity index (χ4v) is 5.75. The highest BCUT2D eigenvalue weighted by molar-refractivity contribution is 5.97. The minimum atomic E-state index is -0.0148. The zero-order valence-electron chi connectivity index (χ0n) is 22.9.